The number of nitrogens with zero attached hydrogens (tertiary/aromatic N) is 3. The molecule has 0 amide bonds. The summed E-state index contributed by atoms with van der Waals surface area (Å²) in [6.07, 6.45) is 7.60. The van der Waals surface area contributed by atoms with Crippen molar-refractivity contribution >= 4 is 0 Å². The van der Waals surface area contributed by atoms with Gasteiger partial charge in [-0.2, -0.15) is 5.10 Å². The number of hydrogen-bond donors (Lipinski definition) is 1. The van der Waals surface area contributed by atoms with Crippen LogP contribution in [0.2, 0.25) is 0 Å². The minimum atomic E-state index is -0.291. The van der Waals surface area contributed by atoms with Gasteiger partial charge in [0, 0.05) is 30.1 Å². The maximum absolute atomic E-state index is 13.9. The number of aromatic nitrogens is 3. The van der Waals surface area contributed by atoms with E-state index in [1.807, 2.05) is 17.8 Å². The second-order valence-electron chi connectivity index (χ2n) is 4.41. The normalized spacial score (nSPS) is 12.6. The summed E-state index contributed by atoms with van der Waals surface area (Å²) >= 11 is 0. The third kappa shape index (κ3) is 3.17. The van der Waals surface area contributed by atoms with E-state index in [4.69, 9.17) is 0 Å². The number of aryl methyl sites for hydroxylation is 1. The minimum absolute atomic E-state index is 0.178. The van der Waals surface area contributed by atoms with Gasteiger partial charge in [0.1, 0.15) is 5.82 Å². The Bertz CT molecular complexity index is 524. The summed E-state index contributed by atoms with van der Waals surface area (Å²) in [5.41, 5.74) is 1.58. The Morgan fingerprint density at radius 2 is 2.21 bits per heavy atom. The molecule has 0 aromatic carbocycles. The third-order valence-corrected chi connectivity index (χ3v) is 3.02. The zero-order chi connectivity index (χ0) is 13.7. The van der Waals surface area contributed by atoms with E-state index in [-0.39, 0.29) is 11.9 Å². The zero-order valence-corrected chi connectivity index (χ0v) is 11.3. The lowest BCUT2D eigenvalue weighted by Crippen LogP contribution is -2.24. The number of pyridine rings is 1. The average Bonchev–Trinajstić information content (AvgIpc) is 2.90. The van der Waals surface area contributed by atoms with Gasteiger partial charge in [-0.05, 0) is 26.0 Å². The first kappa shape index (κ1) is 13.7. The molecule has 2 aromatic rings. The Morgan fingerprint density at radius 3 is 2.84 bits per heavy atom. The summed E-state index contributed by atoms with van der Waals surface area (Å²) in [5, 5.41) is 7.62. The number of nitrogens with one attached hydrogen (secondary N) is 1. The highest BCUT2D eigenvalue weighted by Crippen LogP contribution is 2.23. The first-order chi connectivity index (χ1) is 9.26. The molecule has 0 saturated heterocycles. The lowest BCUT2D eigenvalue weighted by Gasteiger charge is -2.18. The quantitative estimate of drug-likeness (QED) is 0.870. The molecule has 0 bridgehead atoms. The summed E-state index contributed by atoms with van der Waals surface area (Å²) in [7, 11) is 0. The van der Waals surface area contributed by atoms with E-state index >= 15 is 0 Å². The van der Waals surface area contributed by atoms with Gasteiger partial charge in [-0.25, -0.2) is 4.39 Å². The molecule has 1 unspecified atom stereocenters. The van der Waals surface area contributed by atoms with Crippen molar-refractivity contribution in [2.75, 3.05) is 6.54 Å². The van der Waals surface area contributed by atoms with E-state index in [0.717, 1.165) is 25.1 Å². The Morgan fingerprint density at radius 1 is 1.37 bits per heavy atom. The molecule has 1 atom stereocenters. The average molecular weight is 262 g/mol. The molecule has 2 aromatic heterocycles. The van der Waals surface area contributed by atoms with Gasteiger partial charge >= 0.3 is 0 Å². The summed E-state index contributed by atoms with van der Waals surface area (Å²) in [4.78, 5) is 3.80. The van der Waals surface area contributed by atoms with Crippen LogP contribution in [0.3, 0.4) is 0 Å². The van der Waals surface area contributed by atoms with Gasteiger partial charge < -0.3 is 5.32 Å². The molecule has 102 valence electrons. The van der Waals surface area contributed by atoms with Crippen LogP contribution >= 0.6 is 0 Å². The van der Waals surface area contributed by atoms with Crippen LogP contribution in [0.5, 0.6) is 0 Å². The molecule has 0 spiro atoms. The highest BCUT2D eigenvalue weighted by atomic mass is 19.1. The number of rotatable bonds is 6. The van der Waals surface area contributed by atoms with Crippen LogP contribution in [0.15, 0.2) is 30.9 Å². The lowest BCUT2D eigenvalue weighted by atomic mass is 10.0. The van der Waals surface area contributed by atoms with Crippen molar-refractivity contribution in [2.24, 2.45) is 0 Å². The van der Waals surface area contributed by atoms with Crippen LogP contribution < -0.4 is 5.32 Å². The Labute approximate surface area is 112 Å². The highest BCUT2D eigenvalue weighted by molar-refractivity contribution is 5.28. The van der Waals surface area contributed by atoms with E-state index in [0.29, 0.717) is 5.56 Å². The van der Waals surface area contributed by atoms with Crippen LogP contribution in [0, 0.1) is 5.82 Å². The lowest BCUT2D eigenvalue weighted by molar-refractivity contribution is 0.542. The zero-order valence-electron chi connectivity index (χ0n) is 11.3. The van der Waals surface area contributed by atoms with Crippen molar-refractivity contribution in [3.05, 3.63) is 47.8 Å². The van der Waals surface area contributed by atoms with E-state index < -0.39 is 0 Å². The molecule has 2 rings (SSSR count). The van der Waals surface area contributed by atoms with Gasteiger partial charge in [0.15, 0.2) is 0 Å². The fraction of sp³-hybridized carbons (Fsp3) is 0.429. The molecule has 0 aliphatic heterocycles. The summed E-state index contributed by atoms with van der Waals surface area (Å²) < 4.78 is 15.8. The first-order valence-corrected chi connectivity index (χ1v) is 6.61. The van der Waals surface area contributed by atoms with Crippen LogP contribution in [0.25, 0.3) is 0 Å². The number of halogens is 1. The minimum Gasteiger partial charge on any atom is -0.306 e. The predicted octanol–water partition coefficient (Wildman–Crippen LogP) is 2.53. The van der Waals surface area contributed by atoms with Gasteiger partial charge in [0.05, 0.1) is 18.4 Å². The summed E-state index contributed by atoms with van der Waals surface area (Å²) in [5.74, 6) is -0.291. The van der Waals surface area contributed by atoms with E-state index in [1.54, 1.807) is 18.5 Å². The molecular formula is C14H19FN4. The van der Waals surface area contributed by atoms with E-state index in [9.17, 15) is 4.39 Å². The van der Waals surface area contributed by atoms with E-state index in [2.05, 4.69) is 22.3 Å². The molecule has 0 aliphatic rings. The van der Waals surface area contributed by atoms with Gasteiger partial charge in [0.2, 0.25) is 0 Å². The molecule has 0 radical (unpaired) electrons. The van der Waals surface area contributed by atoms with Crippen molar-refractivity contribution in [3.63, 3.8) is 0 Å². The maximum Gasteiger partial charge on any atom is 0.146 e. The van der Waals surface area contributed by atoms with Crippen molar-refractivity contribution < 1.29 is 4.39 Å². The third-order valence-electron chi connectivity index (χ3n) is 3.02. The van der Waals surface area contributed by atoms with Crippen molar-refractivity contribution in [2.45, 2.75) is 32.9 Å². The second-order valence-corrected chi connectivity index (χ2v) is 4.41. The molecule has 0 aliphatic carbocycles. The monoisotopic (exact) mass is 262 g/mol. The van der Waals surface area contributed by atoms with Crippen LogP contribution in [-0.4, -0.2) is 21.3 Å². The van der Waals surface area contributed by atoms with E-state index in [1.165, 1.54) is 6.20 Å². The standard InChI is InChI=1S/C14H19FN4/c1-3-6-17-14(11-8-18-19(4-2)10-11)12-5-7-16-9-13(12)15/h5,7-10,14,17H,3-4,6H2,1-2H3. The van der Waals surface area contributed by atoms with Gasteiger partial charge in [0.25, 0.3) is 0 Å². The van der Waals surface area contributed by atoms with Crippen molar-refractivity contribution in [3.8, 4) is 0 Å². The maximum atomic E-state index is 13.9. The second kappa shape index (κ2) is 6.43. The molecule has 0 fully saturated rings. The van der Waals surface area contributed by atoms with Crippen LogP contribution in [0.4, 0.5) is 4.39 Å². The van der Waals surface area contributed by atoms with Crippen molar-refractivity contribution in [1.29, 1.82) is 0 Å². The van der Waals surface area contributed by atoms with Crippen molar-refractivity contribution in [1.82, 2.24) is 20.1 Å². The predicted molar refractivity (Wildman–Crippen MR) is 72.2 cm³/mol. The number of hydrogen-bond acceptors (Lipinski definition) is 3. The molecule has 1 N–H and O–H groups in total. The fourth-order valence-electron chi connectivity index (χ4n) is 2.02. The Balaban J connectivity index is 2.32. The smallest absolute Gasteiger partial charge is 0.146 e. The Kier molecular flexibility index (Phi) is 4.63. The molecular weight excluding hydrogens is 243 g/mol. The Hall–Kier alpha value is -1.75. The molecule has 2 heterocycles. The van der Waals surface area contributed by atoms with Gasteiger partial charge in [-0.1, -0.05) is 6.92 Å². The topological polar surface area (TPSA) is 42.7 Å². The van der Waals surface area contributed by atoms with Crippen LogP contribution in [0.1, 0.15) is 37.4 Å². The molecule has 0 saturated carbocycles. The van der Waals surface area contributed by atoms with Crippen LogP contribution in [-0.2, 0) is 6.54 Å². The highest BCUT2D eigenvalue weighted by Gasteiger charge is 2.18. The summed E-state index contributed by atoms with van der Waals surface area (Å²) in [6, 6.07) is 1.54. The largest absolute Gasteiger partial charge is 0.306 e. The SMILES string of the molecule is CCCNC(c1cnn(CC)c1)c1ccncc1F. The molecule has 5 heteroatoms. The molecule has 4 nitrogen and oxygen atoms in total. The van der Waals surface area contributed by atoms with Gasteiger partial charge in [-0.15, -0.1) is 0 Å². The fourth-order valence-corrected chi connectivity index (χ4v) is 2.02. The first-order valence-electron chi connectivity index (χ1n) is 6.61. The summed E-state index contributed by atoms with van der Waals surface area (Å²) in [6.45, 7) is 5.74. The van der Waals surface area contributed by atoms with Gasteiger partial charge in [-0.3, -0.25) is 9.67 Å². The molecule has 19 heavy (non-hydrogen) atoms.